The van der Waals surface area contributed by atoms with Crippen molar-refractivity contribution < 1.29 is 38.6 Å². The number of halogens is 3. The van der Waals surface area contributed by atoms with Crippen molar-refractivity contribution in [2.75, 3.05) is 0 Å². The van der Waals surface area contributed by atoms with E-state index < -0.39 is 36.8 Å². The molecule has 0 atom stereocenters. The number of rotatable bonds is 9. The lowest BCUT2D eigenvalue weighted by Gasteiger charge is -2.22. The lowest BCUT2D eigenvalue weighted by molar-refractivity contribution is -0.137. The number of alkyl halides is 3. The average Bonchev–Trinajstić information content (AvgIpc) is 3.37. The van der Waals surface area contributed by atoms with Gasteiger partial charge in [0.05, 0.1) is 23.3 Å². The van der Waals surface area contributed by atoms with Gasteiger partial charge < -0.3 is 8.60 Å². The first-order chi connectivity index (χ1) is 17.8. The van der Waals surface area contributed by atoms with E-state index in [0.717, 1.165) is 28.1 Å². The highest BCUT2D eigenvalue weighted by Gasteiger charge is 2.32. The zero-order valence-corrected chi connectivity index (χ0v) is 21.6. The van der Waals surface area contributed by atoms with Crippen LogP contribution in [0.2, 0.25) is 0 Å². The standard InChI is InChI=1S/C26H22F3NO6S2/c1-19-10-12-24(13-11-19)37(31,32)30(18-23-8-4-14-35-23)17-20-5-2-7-22(15-20)36-38(33,34)25-9-3-6-21(16-25)26(27,28)29/h2-16H,17-18H2,1H3. The molecule has 0 unspecified atom stereocenters. The van der Waals surface area contributed by atoms with E-state index in [1.165, 1.54) is 36.6 Å². The van der Waals surface area contributed by atoms with Crippen molar-refractivity contribution >= 4 is 20.1 Å². The van der Waals surface area contributed by atoms with Gasteiger partial charge in [-0.2, -0.15) is 25.9 Å². The predicted octanol–water partition coefficient (Wildman–Crippen LogP) is 5.77. The van der Waals surface area contributed by atoms with Crippen LogP contribution in [0.3, 0.4) is 0 Å². The molecule has 4 rings (SSSR count). The first-order valence-corrected chi connectivity index (χ1v) is 14.0. The summed E-state index contributed by atoms with van der Waals surface area (Å²) in [6.45, 7) is 1.56. The van der Waals surface area contributed by atoms with Gasteiger partial charge in [-0.15, -0.1) is 0 Å². The molecule has 1 heterocycles. The molecule has 0 saturated carbocycles. The molecule has 0 saturated heterocycles. The molecular formula is C26H22F3NO6S2. The molecule has 0 spiro atoms. The number of sulfonamides is 1. The second-order valence-corrected chi connectivity index (χ2v) is 11.9. The summed E-state index contributed by atoms with van der Waals surface area (Å²) < 4.78 is 103. The zero-order valence-electron chi connectivity index (χ0n) is 19.9. The Kier molecular flexibility index (Phi) is 7.68. The fourth-order valence-electron chi connectivity index (χ4n) is 3.56. The van der Waals surface area contributed by atoms with Crippen LogP contribution in [0.4, 0.5) is 13.2 Å². The van der Waals surface area contributed by atoms with Gasteiger partial charge in [0.2, 0.25) is 10.0 Å². The normalized spacial score (nSPS) is 12.6. The van der Waals surface area contributed by atoms with E-state index in [4.69, 9.17) is 8.60 Å². The third-order valence-electron chi connectivity index (χ3n) is 5.48. The maximum absolute atomic E-state index is 13.5. The summed E-state index contributed by atoms with van der Waals surface area (Å²) >= 11 is 0. The third-order valence-corrected chi connectivity index (χ3v) is 8.53. The molecule has 0 radical (unpaired) electrons. The zero-order chi connectivity index (χ0) is 27.6. The van der Waals surface area contributed by atoms with Crippen molar-refractivity contribution in [2.24, 2.45) is 0 Å². The van der Waals surface area contributed by atoms with Gasteiger partial charge in [-0.1, -0.05) is 35.9 Å². The Labute approximate surface area is 218 Å². The predicted molar refractivity (Wildman–Crippen MR) is 132 cm³/mol. The fourth-order valence-corrected chi connectivity index (χ4v) is 5.93. The summed E-state index contributed by atoms with van der Waals surface area (Å²) in [5.41, 5.74) is 0.128. The lowest BCUT2D eigenvalue weighted by atomic mass is 10.2. The molecule has 0 N–H and O–H groups in total. The van der Waals surface area contributed by atoms with Gasteiger partial charge in [0.1, 0.15) is 16.4 Å². The first-order valence-electron chi connectivity index (χ1n) is 11.1. The van der Waals surface area contributed by atoms with Gasteiger partial charge in [-0.3, -0.25) is 0 Å². The number of aryl methyl sites for hydroxylation is 1. The number of benzene rings is 3. The maximum atomic E-state index is 13.5. The van der Waals surface area contributed by atoms with Gasteiger partial charge >= 0.3 is 16.3 Å². The molecule has 12 heteroatoms. The van der Waals surface area contributed by atoms with Crippen molar-refractivity contribution in [3.8, 4) is 5.75 Å². The second kappa shape index (κ2) is 10.6. The molecule has 4 aromatic rings. The van der Waals surface area contributed by atoms with E-state index >= 15 is 0 Å². The molecular weight excluding hydrogens is 543 g/mol. The van der Waals surface area contributed by atoms with Gasteiger partial charge in [-0.05, 0) is 67.1 Å². The Morgan fingerprint density at radius 2 is 1.53 bits per heavy atom. The lowest BCUT2D eigenvalue weighted by Crippen LogP contribution is -2.30. The summed E-state index contributed by atoms with van der Waals surface area (Å²) in [4.78, 5) is -0.603. The molecule has 200 valence electrons. The van der Waals surface area contributed by atoms with E-state index in [1.807, 2.05) is 6.92 Å². The Balaban J connectivity index is 1.62. The van der Waals surface area contributed by atoms with E-state index in [2.05, 4.69) is 0 Å². The monoisotopic (exact) mass is 565 g/mol. The van der Waals surface area contributed by atoms with Gasteiger partial charge in [0, 0.05) is 6.54 Å². The summed E-state index contributed by atoms with van der Waals surface area (Å²) in [5.74, 6) is 0.200. The molecule has 0 amide bonds. The molecule has 0 aliphatic heterocycles. The first kappa shape index (κ1) is 27.4. The number of furan rings is 1. The topological polar surface area (TPSA) is 93.9 Å². The van der Waals surface area contributed by atoms with E-state index in [-0.39, 0.29) is 23.7 Å². The van der Waals surface area contributed by atoms with Crippen molar-refractivity contribution in [1.29, 1.82) is 0 Å². The maximum Gasteiger partial charge on any atom is 0.416 e. The third kappa shape index (κ3) is 6.44. The number of hydrogen-bond donors (Lipinski definition) is 0. The van der Waals surface area contributed by atoms with Crippen molar-refractivity contribution in [1.82, 2.24) is 4.31 Å². The minimum absolute atomic E-state index is 0.0641. The van der Waals surface area contributed by atoms with Crippen LogP contribution in [0.25, 0.3) is 0 Å². The molecule has 0 bridgehead atoms. The summed E-state index contributed by atoms with van der Waals surface area (Å²) in [6.07, 6.45) is -3.31. The van der Waals surface area contributed by atoms with Crippen molar-refractivity contribution in [3.05, 3.63) is 114 Å². The van der Waals surface area contributed by atoms with Gasteiger partial charge in [-0.25, -0.2) is 8.42 Å². The van der Waals surface area contributed by atoms with E-state index in [9.17, 15) is 30.0 Å². The summed E-state index contributed by atoms with van der Waals surface area (Å²) in [5, 5.41) is 0. The molecule has 3 aromatic carbocycles. The van der Waals surface area contributed by atoms with Crippen LogP contribution in [-0.4, -0.2) is 21.1 Å². The summed E-state index contributed by atoms with van der Waals surface area (Å²) in [6, 6.07) is 18.4. The molecule has 0 fully saturated rings. The van der Waals surface area contributed by atoms with Crippen LogP contribution in [0.15, 0.2) is 105 Å². The highest BCUT2D eigenvalue weighted by atomic mass is 32.2. The Bertz CT molecular complexity index is 1620. The van der Waals surface area contributed by atoms with E-state index in [0.29, 0.717) is 17.4 Å². The fraction of sp³-hybridized carbons (Fsp3) is 0.154. The molecule has 0 aliphatic carbocycles. The second-order valence-electron chi connectivity index (χ2n) is 8.38. The van der Waals surface area contributed by atoms with Crippen LogP contribution in [0.1, 0.15) is 22.5 Å². The van der Waals surface area contributed by atoms with Crippen LogP contribution in [0.5, 0.6) is 5.75 Å². The average molecular weight is 566 g/mol. The molecule has 0 aliphatic rings. The minimum Gasteiger partial charge on any atom is -0.468 e. The Morgan fingerprint density at radius 3 is 2.18 bits per heavy atom. The minimum atomic E-state index is -4.73. The van der Waals surface area contributed by atoms with Crippen LogP contribution >= 0.6 is 0 Å². The van der Waals surface area contributed by atoms with E-state index in [1.54, 1.807) is 30.3 Å². The smallest absolute Gasteiger partial charge is 0.416 e. The highest BCUT2D eigenvalue weighted by molar-refractivity contribution is 7.89. The molecule has 7 nitrogen and oxygen atoms in total. The molecule has 1 aromatic heterocycles. The quantitative estimate of drug-likeness (QED) is 0.239. The van der Waals surface area contributed by atoms with Crippen molar-refractivity contribution in [3.63, 3.8) is 0 Å². The largest absolute Gasteiger partial charge is 0.468 e. The Hall–Kier alpha value is -3.61. The SMILES string of the molecule is Cc1ccc(S(=O)(=O)N(Cc2cccc(OS(=O)(=O)c3cccc(C(F)(F)F)c3)c2)Cc2ccco2)cc1. The summed E-state index contributed by atoms with van der Waals surface area (Å²) in [7, 11) is -8.60. The number of hydrogen-bond acceptors (Lipinski definition) is 6. The van der Waals surface area contributed by atoms with Crippen LogP contribution < -0.4 is 4.18 Å². The number of nitrogens with zero attached hydrogens (tertiary/aromatic N) is 1. The molecule has 38 heavy (non-hydrogen) atoms. The van der Waals surface area contributed by atoms with Crippen LogP contribution in [0, 0.1) is 6.92 Å². The Morgan fingerprint density at radius 1 is 0.816 bits per heavy atom. The van der Waals surface area contributed by atoms with Gasteiger partial charge in [0.15, 0.2) is 0 Å². The highest BCUT2D eigenvalue weighted by Crippen LogP contribution is 2.31. The van der Waals surface area contributed by atoms with Gasteiger partial charge in [0.25, 0.3) is 0 Å². The van der Waals surface area contributed by atoms with Crippen LogP contribution in [-0.2, 0) is 39.4 Å². The van der Waals surface area contributed by atoms with Crippen molar-refractivity contribution in [2.45, 2.75) is 36.0 Å².